The standard InChI is InChI=1S/C20H22O3/c21-18(22)6-3-13-1-4-17(5-2-13)19(23)20-10-14-7-15(11-20)9-16(8-14)12-20/h1-6,14-16H,7-12H2,(H,21,22)/b6-3+. The quantitative estimate of drug-likeness (QED) is 0.670. The highest BCUT2D eigenvalue weighted by Crippen LogP contribution is 2.60. The minimum atomic E-state index is -0.960. The molecule has 1 aromatic carbocycles. The van der Waals surface area contributed by atoms with Gasteiger partial charge in [-0.05, 0) is 67.9 Å². The van der Waals surface area contributed by atoms with Crippen molar-refractivity contribution in [2.75, 3.05) is 0 Å². The minimum absolute atomic E-state index is 0.104. The van der Waals surface area contributed by atoms with E-state index in [2.05, 4.69) is 0 Å². The summed E-state index contributed by atoms with van der Waals surface area (Å²) in [5.74, 6) is 1.66. The Morgan fingerprint density at radius 1 is 0.957 bits per heavy atom. The van der Waals surface area contributed by atoms with Crippen LogP contribution in [-0.2, 0) is 4.79 Å². The lowest BCUT2D eigenvalue weighted by Crippen LogP contribution is -2.50. The Balaban J connectivity index is 1.56. The third-order valence-electron chi connectivity index (χ3n) is 6.11. The molecule has 0 unspecified atom stereocenters. The molecule has 3 nitrogen and oxygen atoms in total. The second-order valence-electron chi connectivity index (χ2n) is 7.82. The lowest BCUT2D eigenvalue weighted by Gasteiger charge is -2.56. The molecule has 0 atom stereocenters. The molecule has 4 saturated carbocycles. The molecule has 5 rings (SSSR count). The van der Waals surface area contributed by atoms with Crippen LogP contribution in [0.2, 0.25) is 0 Å². The van der Waals surface area contributed by atoms with E-state index >= 15 is 0 Å². The molecule has 0 amide bonds. The number of Topliss-reactive ketones (excluding diaryl/α,β-unsaturated/α-hetero) is 1. The Labute approximate surface area is 136 Å². The molecule has 0 aliphatic heterocycles. The van der Waals surface area contributed by atoms with Crippen LogP contribution < -0.4 is 0 Å². The Morgan fingerprint density at radius 2 is 1.48 bits per heavy atom. The van der Waals surface area contributed by atoms with Gasteiger partial charge in [0.2, 0.25) is 0 Å². The van der Waals surface area contributed by atoms with Crippen molar-refractivity contribution in [3.05, 3.63) is 41.5 Å². The fraction of sp³-hybridized carbons (Fsp3) is 0.500. The maximum absolute atomic E-state index is 13.2. The van der Waals surface area contributed by atoms with Gasteiger partial charge >= 0.3 is 5.97 Å². The molecule has 4 aliphatic carbocycles. The third-order valence-corrected chi connectivity index (χ3v) is 6.11. The van der Waals surface area contributed by atoms with E-state index in [1.54, 1.807) is 6.08 Å². The molecule has 4 aliphatic rings. The van der Waals surface area contributed by atoms with Crippen LogP contribution in [0, 0.1) is 23.2 Å². The van der Waals surface area contributed by atoms with E-state index < -0.39 is 5.97 Å². The first-order chi connectivity index (χ1) is 11.0. The highest BCUT2D eigenvalue weighted by Gasteiger charge is 2.54. The van der Waals surface area contributed by atoms with E-state index in [9.17, 15) is 9.59 Å². The van der Waals surface area contributed by atoms with E-state index in [0.717, 1.165) is 54.2 Å². The molecule has 4 bridgehead atoms. The van der Waals surface area contributed by atoms with Gasteiger partial charge < -0.3 is 5.11 Å². The van der Waals surface area contributed by atoms with Gasteiger partial charge in [-0.1, -0.05) is 24.3 Å². The summed E-state index contributed by atoms with van der Waals surface area (Å²) < 4.78 is 0. The number of ketones is 1. The molecule has 23 heavy (non-hydrogen) atoms. The smallest absolute Gasteiger partial charge is 0.328 e. The van der Waals surface area contributed by atoms with Gasteiger partial charge in [-0.15, -0.1) is 0 Å². The average molecular weight is 310 g/mol. The molecule has 4 fully saturated rings. The van der Waals surface area contributed by atoms with Crippen molar-refractivity contribution in [3.8, 4) is 0 Å². The van der Waals surface area contributed by atoms with Crippen LogP contribution in [0.15, 0.2) is 30.3 Å². The number of aliphatic carboxylic acids is 1. The zero-order chi connectivity index (χ0) is 16.0. The van der Waals surface area contributed by atoms with Gasteiger partial charge in [-0.25, -0.2) is 4.79 Å². The second-order valence-corrected chi connectivity index (χ2v) is 7.82. The van der Waals surface area contributed by atoms with Crippen molar-refractivity contribution in [1.82, 2.24) is 0 Å². The normalized spacial score (nSPS) is 34.9. The number of carbonyl (C=O) groups excluding carboxylic acids is 1. The van der Waals surface area contributed by atoms with E-state index in [0.29, 0.717) is 5.78 Å². The first kappa shape index (κ1) is 14.7. The summed E-state index contributed by atoms with van der Waals surface area (Å²) in [5.41, 5.74) is 1.50. The fourth-order valence-electron chi connectivity index (χ4n) is 5.61. The average Bonchev–Trinajstić information content (AvgIpc) is 2.51. The first-order valence-electron chi connectivity index (χ1n) is 8.60. The van der Waals surface area contributed by atoms with Crippen LogP contribution in [-0.4, -0.2) is 16.9 Å². The topological polar surface area (TPSA) is 54.4 Å². The summed E-state index contributed by atoms with van der Waals surface area (Å²) in [4.78, 5) is 23.7. The van der Waals surface area contributed by atoms with Crippen LogP contribution in [0.1, 0.15) is 54.4 Å². The molecule has 3 heteroatoms. The number of carboxylic acid groups (broad SMARTS) is 1. The number of hydrogen-bond acceptors (Lipinski definition) is 2. The van der Waals surface area contributed by atoms with Gasteiger partial charge in [0.05, 0.1) is 0 Å². The lowest BCUT2D eigenvalue weighted by atomic mass is 9.48. The van der Waals surface area contributed by atoms with E-state index in [1.807, 2.05) is 24.3 Å². The first-order valence-corrected chi connectivity index (χ1v) is 8.60. The predicted molar refractivity (Wildman–Crippen MR) is 88.0 cm³/mol. The summed E-state index contributed by atoms with van der Waals surface area (Å²) in [6.07, 6.45) is 9.94. The van der Waals surface area contributed by atoms with Crippen LogP contribution >= 0.6 is 0 Å². The largest absolute Gasteiger partial charge is 0.478 e. The van der Waals surface area contributed by atoms with Gasteiger partial charge in [0.25, 0.3) is 0 Å². The molecule has 1 aromatic rings. The van der Waals surface area contributed by atoms with Crippen molar-refractivity contribution in [2.24, 2.45) is 23.2 Å². The summed E-state index contributed by atoms with van der Waals surface area (Å²) in [5, 5.41) is 8.67. The summed E-state index contributed by atoms with van der Waals surface area (Å²) >= 11 is 0. The summed E-state index contributed by atoms with van der Waals surface area (Å²) in [6.45, 7) is 0. The molecule has 0 radical (unpaired) electrons. The van der Waals surface area contributed by atoms with Gasteiger partial charge in [-0.2, -0.15) is 0 Å². The highest BCUT2D eigenvalue weighted by molar-refractivity contribution is 6.01. The number of carbonyl (C=O) groups is 2. The lowest BCUT2D eigenvalue weighted by molar-refractivity contribution is -0.131. The van der Waals surface area contributed by atoms with Crippen LogP contribution in [0.3, 0.4) is 0 Å². The monoisotopic (exact) mass is 310 g/mol. The molecule has 0 saturated heterocycles. The Morgan fingerprint density at radius 3 is 1.96 bits per heavy atom. The number of hydrogen-bond donors (Lipinski definition) is 1. The zero-order valence-electron chi connectivity index (χ0n) is 13.2. The Bertz CT molecular complexity index is 633. The SMILES string of the molecule is O=C(O)/C=C/c1ccc(C(=O)C23CC4CC(CC(C4)C2)C3)cc1. The van der Waals surface area contributed by atoms with Crippen molar-refractivity contribution < 1.29 is 14.7 Å². The fourth-order valence-corrected chi connectivity index (χ4v) is 5.61. The van der Waals surface area contributed by atoms with Gasteiger partial charge in [0.15, 0.2) is 5.78 Å². The van der Waals surface area contributed by atoms with Crippen molar-refractivity contribution in [2.45, 2.75) is 38.5 Å². The molecule has 0 aromatic heterocycles. The zero-order valence-corrected chi connectivity index (χ0v) is 13.2. The summed E-state index contributed by atoms with van der Waals surface area (Å²) in [7, 11) is 0. The number of carboxylic acids is 1. The second kappa shape index (κ2) is 5.33. The van der Waals surface area contributed by atoms with Crippen LogP contribution in [0.25, 0.3) is 6.08 Å². The molecule has 0 heterocycles. The van der Waals surface area contributed by atoms with Crippen molar-refractivity contribution >= 4 is 17.8 Å². The molecule has 1 N–H and O–H groups in total. The molecule has 120 valence electrons. The highest BCUT2D eigenvalue weighted by atomic mass is 16.4. The van der Waals surface area contributed by atoms with Crippen LogP contribution in [0.4, 0.5) is 0 Å². The van der Waals surface area contributed by atoms with Crippen LogP contribution in [0.5, 0.6) is 0 Å². The predicted octanol–water partition coefficient (Wildman–Crippen LogP) is 4.18. The molecular weight excluding hydrogens is 288 g/mol. The van der Waals surface area contributed by atoms with Gasteiger partial charge in [-0.3, -0.25) is 4.79 Å². The van der Waals surface area contributed by atoms with Gasteiger partial charge in [0.1, 0.15) is 0 Å². The Kier molecular flexibility index (Phi) is 3.40. The maximum atomic E-state index is 13.2. The third kappa shape index (κ3) is 2.62. The molecule has 0 spiro atoms. The Hall–Kier alpha value is -1.90. The molecular formula is C20H22O3. The van der Waals surface area contributed by atoms with E-state index in [1.165, 1.54) is 19.3 Å². The van der Waals surface area contributed by atoms with Crippen molar-refractivity contribution in [1.29, 1.82) is 0 Å². The number of rotatable bonds is 4. The van der Waals surface area contributed by atoms with Gasteiger partial charge in [0, 0.05) is 17.1 Å². The van der Waals surface area contributed by atoms with Crippen molar-refractivity contribution in [3.63, 3.8) is 0 Å². The van der Waals surface area contributed by atoms with E-state index in [4.69, 9.17) is 5.11 Å². The maximum Gasteiger partial charge on any atom is 0.328 e. The van der Waals surface area contributed by atoms with E-state index in [-0.39, 0.29) is 5.41 Å². The summed E-state index contributed by atoms with van der Waals surface area (Å²) in [6, 6.07) is 7.41. The minimum Gasteiger partial charge on any atom is -0.478 e. The number of benzene rings is 1.